The number of hydrogen-bond acceptors (Lipinski definition) is 4. The molecular weight excluding hydrogens is 288 g/mol. The van der Waals surface area contributed by atoms with Gasteiger partial charge in [0.05, 0.1) is 13.2 Å². The zero-order valence-corrected chi connectivity index (χ0v) is 13.7. The summed E-state index contributed by atoms with van der Waals surface area (Å²) in [5, 5.41) is 21.1. The second kappa shape index (κ2) is 11.3. The third kappa shape index (κ3) is 7.00. The van der Waals surface area contributed by atoms with Gasteiger partial charge in [0.2, 0.25) is 0 Å². The minimum absolute atomic E-state index is 0.0646. The first-order valence-corrected chi connectivity index (χ1v) is 7.66. The lowest BCUT2D eigenvalue weighted by Crippen LogP contribution is -2.29. The molecule has 23 heavy (non-hydrogen) atoms. The van der Waals surface area contributed by atoms with Gasteiger partial charge in [0.25, 0.3) is 0 Å². The van der Waals surface area contributed by atoms with Gasteiger partial charge in [-0.15, -0.1) is 0 Å². The number of rotatable bonds is 10. The molecule has 0 radical (unpaired) electrons. The predicted octanol–water partition coefficient (Wildman–Crippen LogP) is 2.34. The average Bonchev–Trinajstić information content (AvgIpc) is 2.58. The molecule has 124 valence electrons. The Morgan fingerprint density at radius 3 is 2.30 bits per heavy atom. The Bertz CT molecular complexity index is 539. The molecule has 0 unspecified atom stereocenters. The Morgan fingerprint density at radius 1 is 1.13 bits per heavy atom. The number of nitrogens with zero attached hydrogens (tertiary/aromatic N) is 1. The summed E-state index contributed by atoms with van der Waals surface area (Å²) in [6.07, 6.45) is 11.6. The third-order valence-electron chi connectivity index (χ3n) is 3.22. The fourth-order valence-electron chi connectivity index (χ4n) is 2.08. The summed E-state index contributed by atoms with van der Waals surface area (Å²) in [6.45, 7) is 4.87. The van der Waals surface area contributed by atoms with Crippen molar-refractivity contribution in [1.82, 2.24) is 5.32 Å². The molecule has 0 heterocycles. The Kier molecular flexibility index (Phi) is 9.20. The van der Waals surface area contributed by atoms with Gasteiger partial charge >= 0.3 is 0 Å². The highest BCUT2D eigenvalue weighted by Crippen LogP contribution is 2.16. The average molecular weight is 314 g/mol. The molecule has 4 nitrogen and oxygen atoms in total. The molecule has 0 aliphatic carbocycles. The van der Waals surface area contributed by atoms with E-state index in [-0.39, 0.29) is 13.2 Å². The SMILES string of the molecule is C=C/C=C(\C=C/NC)/C=C/c1ccc(N(CCO)CCO)cc1. The van der Waals surface area contributed by atoms with Crippen LogP contribution >= 0.6 is 0 Å². The first kappa shape index (κ1) is 18.7. The predicted molar refractivity (Wildman–Crippen MR) is 98.3 cm³/mol. The number of benzene rings is 1. The topological polar surface area (TPSA) is 55.7 Å². The van der Waals surface area contributed by atoms with Gasteiger partial charge in [-0.3, -0.25) is 0 Å². The molecule has 1 rings (SSSR count). The number of anilines is 1. The fourth-order valence-corrected chi connectivity index (χ4v) is 2.08. The number of allylic oxidation sites excluding steroid dienone is 5. The van der Waals surface area contributed by atoms with Gasteiger partial charge in [0.15, 0.2) is 0 Å². The molecule has 0 aromatic heterocycles. The standard InChI is InChI=1S/C19H26N2O2/c1-3-4-17(11-12-20-2)5-6-18-7-9-19(10-8-18)21(13-15-22)14-16-23/h3-12,20,22-23H,1,13-16H2,2H3/b6-5+,12-11-,17-4-. The molecule has 1 aromatic rings. The normalized spacial score (nSPS) is 12.0. The molecule has 0 aliphatic rings. The van der Waals surface area contributed by atoms with Crippen molar-refractivity contribution in [2.24, 2.45) is 0 Å². The molecule has 0 fully saturated rings. The van der Waals surface area contributed by atoms with Gasteiger partial charge in [-0.1, -0.05) is 43.0 Å². The highest BCUT2D eigenvalue weighted by Gasteiger charge is 2.04. The maximum absolute atomic E-state index is 9.09. The lowest BCUT2D eigenvalue weighted by molar-refractivity contribution is 0.281. The first-order chi connectivity index (χ1) is 11.2. The van der Waals surface area contributed by atoms with E-state index in [1.165, 1.54) is 0 Å². The monoisotopic (exact) mass is 314 g/mol. The van der Waals surface area contributed by atoms with Crippen molar-refractivity contribution in [3.8, 4) is 0 Å². The second-order valence-corrected chi connectivity index (χ2v) is 4.88. The van der Waals surface area contributed by atoms with Crippen molar-refractivity contribution in [2.75, 3.05) is 38.3 Å². The van der Waals surface area contributed by atoms with Gasteiger partial charge < -0.3 is 20.4 Å². The number of aliphatic hydroxyl groups excluding tert-OH is 2. The van der Waals surface area contributed by atoms with Crippen LogP contribution in [0.25, 0.3) is 6.08 Å². The molecule has 4 heteroatoms. The number of nitrogens with one attached hydrogen (secondary N) is 1. The van der Waals surface area contributed by atoms with Crippen molar-refractivity contribution in [2.45, 2.75) is 0 Å². The minimum atomic E-state index is 0.0646. The highest BCUT2D eigenvalue weighted by molar-refractivity contribution is 5.59. The number of hydrogen-bond donors (Lipinski definition) is 3. The van der Waals surface area contributed by atoms with Gasteiger partial charge in [0.1, 0.15) is 0 Å². The lowest BCUT2D eigenvalue weighted by Gasteiger charge is -2.22. The Morgan fingerprint density at radius 2 is 1.78 bits per heavy atom. The van der Waals surface area contributed by atoms with Crippen LogP contribution in [-0.2, 0) is 0 Å². The van der Waals surface area contributed by atoms with Crippen LogP contribution in [0.3, 0.4) is 0 Å². The Hall–Kier alpha value is -2.30. The van der Waals surface area contributed by atoms with Crippen LogP contribution in [0.5, 0.6) is 0 Å². The van der Waals surface area contributed by atoms with Crippen molar-refractivity contribution in [3.63, 3.8) is 0 Å². The van der Waals surface area contributed by atoms with E-state index >= 15 is 0 Å². The van der Waals surface area contributed by atoms with E-state index in [9.17, 15) is 0 Å². The summed E-state index contributed by atoms with van der Waals surface area (Å²) in [6, 6.07) is 8.01. The van der Waals surface area contributed by atoms with Crippen LogP contribution < -0.4 is 10.2 Å². The van der Waals surface area contributed by atoms with Crippen LogP contribution in [0.15, 0.2) is 66.9 Å². The fraction of sp³-hybridized carbons (Fsp3) is 0.263. The second-order valence-electron chi connectivity index (χ2n) is 4.88. The summed E-state index contributed by atoms with van der Waals surface area (Å²) in [5.74, 6) is 0. The molecule has 3 N–H and O–H groups in total. The summed E-state index contributed by atoms with van der Waals surface area (Å²) >= 11 is 0. The van der Waals surface area contributed by atoms with Crippen LogP contribution in [0, 0.1) is 0 Å². The van der Waals surface area contributed by atoms with Crippen LogP contribution in [0.4, 0.5) is 5.69 Å². The first-order valence-electron chi connectivity index (χ1n) is 7.66. The maximum Gasteiger partial charge on any atom is 0.0606 e. The number of aliphatic hydroxyl groups is 2. The molecule has 0 aliphatic heterocycles. The van der Waals surface area contributed by atoms with Crippen molar-refractivity contribution in [3.05, 3.63) is 72.5 Å². The summed E-state index contributed by atoms with van der Waals surface area (Å²) in [4.78, 5) is 1.95. The molecular formula is C19H26N2O2. The van der Waals surface area contributed by atoms with Crippen molar-refractivity contribution >= 4 is 11.8 Å². The molecule has 0 saturated carbocycles. The zero-order chi connectivity index (χ0) is 16.9. The molecule has 0 spiro atoms. The van der Waals surface area contributed by atoms with E-state index in [0.29, 0.717) is 13.1 Å². The summed E-state index contributed by atoms with van der Waals surface area (Å²) in [5.41, 5.74) is 3.11. The van der Waals surface area contributed by atoms with E-state index in [0.717, 1.165) is 16.8 Å². The Labute approximate surface area is 138 Å². The summed E-state index contributed by atoms with van der Waals surface area (Å²) in [7, 11) is 1.86. The van der Waals surface area contributed by atoms with Crippen LogP contribution in [-0.4, -0.2) is 43.6 Å². The van der Waals surface area contributed by atoms with Crippen LogP contribution in [0.2, 0.25) is 0 Å². The van der Waals surface area contributed by atoms with E-state index < -0.39 is 0 Å². The molecule has 0 saturated heterocycles. The third-order valence-corrected chi connectivity index (χ3v) is 3.22. The van der Waals surface area contributed by atoms with Gasteiger partial charge in [-0.05, 0) is 35.5 Å². The quantitative estimate of drug-likeness (QED) is 0.580. The van der Waals surface area contributed by atoms with Crippen molar-refractivity contribution in [1.29, 1.82) is 0 Å². The van der Waals surface area contributed by atoms with Crippen molar-refractivity contribution < 1.29 is 10.2 Å². The Balaban J connectivity index is 2.82. The van der Waals surface area contributed by atoms with E-state index in [2.05, 4.69) is 11.9 Å². The molecule has 0 atom stereocenters. The van der Waals surface area contributed by atoms with Crippen LogP contribution in [0.1, 0.15) is 5.56 Å². The summed E-state index contributed by atoms with van der Waals surface area (Å²) < 4.78 is 0. The van der Waals surface area contributed by atoms with Gasteiger partial charge in [0, 0.05) is 25.8 Å². The van der Waals surface area contributed by atoms with E-state index in [1.807, 2.05) is 66.7 Å². The van der Waals surface area contributed by atoms with E-state index in [1.54, 1.807) is 6.08 Å². The minimum Gasteiger partial charge on any atom is -0.395 e. The molecule has 0 amide bonds. The lowest BCUT2D eigenvalue weighted by atomic mass is 10.1. The molecule has 1 aromatic carbocycles. The van der Waals surface area contributed by atoms with Gasteiger partial charge in [-0.2, -0.15) is 0 Å². The smallest absolute Gasteiger partial charge is 0.0606 e. The van der Waals surface area contributed by atoms with E-state index in [4.69, 9.17) is 10.2 Å². The maximum atomic E-state index is 9.09. The molecule has 0 bridgehead atoms. The largest absolute Gasteiger partial charge is 0.395 e. The van der Waals surface area contributed by atoms with Gasteiger partial charge in [-0.25, -0.2) is 0 Å². The highest BCUT2D eigenvalue weighted by atomic mass is 16.3. The zero-order valence-electron chi connectivity index (χ0n) is 13.7.